The summed E-state index contributed by atoms with van der Waals surface area (Å²) in [7, 11) is 0. The lowest BCUT2D eigenvalue weighted by Gasteiger charge is -2.08. The first-order valence-electron chi connectivity index (χ1n) is 5.95. The SMILES string of the molecule is CC(C)OC(=O)Cc1ccc2c(c1)CCC2. The lowest BCUT2D eigenvalue weighted by Crippen LogP contribution is -2.13. The molecular formula is C14H18O2. The molecule has 0 heterocycles. The van der Waals surface area contributed by atoms with Crippen LogP contribution in [0.5, 0.6) is 0 Å². The van der Waals surface area contributed by atoms with Crippen LogP contribution in [0.15, 0.2) is 18.2 Å². The molecule has 2 rings (SSSR count). The van der Waals surface area contributed by atoms with Gasteiger partial charge in [-0.25, -0.2) is 0 Å². The summed E-state index contributed by atoms with van der Waals surface area (Å²) in [6.07, 6.45) is 3.96. The Balaban J connectivity index is 2.02. The maximum Gasteiger partial charge on any atom is 0.310 e. The average molecular weight is 218 g/mol. The number of benzene rings is 1. The van der Waals surface area contributed by atoms with Gasteiger partial charge in [-0.1, -0.05) is 18.2 Å². The largest absolute Gasteiger partial charge is 0.463 e. The Hall–Kier alpha value is -1.31. The predicted molar refractivity (Wildman–Crippen MR) is 63.4 cm³/mol. The van der Waals surface area contributed by atoms with Crippen LogP contribution in [0.2, 0.25) is 0 Å². The number of ether oxygens (including phenoxy) is 1. The summed E-state index contributed by atoms with van der Waals surface area (Å²) in [5.74, 6) is -0.132. The fourth-order valence-electron chi connectivity index (χ4n) is 2.21. The second kappa shape index (κ2) is 4.69. The van der Waals surface area contributed by atoms with Gasteiger partial charge in [-0.2, -0.15) is 0 Å². The van der Waals surface area contributed by atoms with E-state index in [0.29, 0.717) is 6.42 Å². The molecule has 0 radical (unpaired) electrons. The minimum absolute atomic E-state index is 0.0260. The van der Waals surface area contributed by atoms with Crippen LogP contribution in [-0.2, 0) is 28.8 Å². The molecule has 1 aliphatic carbocycles. The van der Waals surface area contributed by atoms with Crippen molar-refractivity contribution in [1.29, 1.82) is 0 Å². The van der Waals surface area contributed by atoms with Crippen molar-refractivity contribution < 1.29 is 9.53 Å². The van der Waals surface area contributed by atoms with Gasteiger partial charge in [0.15, 0.2) is 0 Å². The van der Waals surface area contributed by atoms with Gasteiger partial charge in [0.25, 0.3) is 0 Å². The number of aryl methyl sites for hydroxylation is 2. The van der Waals surface area contributed by atoms with Crippen LogP contribution in [-0.4, -0.2) is 12.1 Å². The van der Waals surface area contributed by atoms with Gasteiger partial charge in [-0.3, -0.25) is 4.79 Å². The number of rotatable bonds is 3. The van der Waals surface area contributed by atoms with Crippen molar-refractivity contribution in [3.05, 3.63) is 34.9 Å². The molecule has 0 fully saturated rings. The quantitative estimate of drug-likeness (QED) is 0.729. The molecule has 0 aliphatic heterocycles. The minimum Gasteiger partial charge on any atom is -0.463 e. The number of carbonyl (C=O) groups is 1. The third-order valence-corrected chi connectivity index (χ3v) is 2.88. The first-order valence-corrected chi connectivity index (χ1v) is 5.95. The van der Waals surface area contributed by atoms with Crippen LogP contribution in [0, 0.1) is 0 Å². The van der Waals surface area contributed by atoms with E-state index >= 15 is 0 Å². The fourth-order valence-corrected chi connectivity index (χ4v) is 2.21. The standard InChI is InChI=1S/C14H18O2/c1-10(2)16-14(15)9-11-6-7-12-4-3-5-13(12)8-11/h6-8,10H,3-5,9H2,1-2H3. The predicted octanol–water partition coefficient (Wildman–Crippen LogP) is 2.67. The van der Waals surface area contributed by atoms with Crippen molar-refractivity contribution in [2.75, 3.05) is 0 Å². The van der Waals surface area contributed by atoms with Gasteiger partial charge in [0.1, 0.15) is 0 Å². The molecule has 0 spiro atoms. The zero-order chi connectivity index (χ0) is 11.5. The summed E-state index contributed by atoms with van der Waals surface area (Å²) < 4.78 is 5.13. The van der Waals surface area contributed by atoms with E-state index in [4.69, 9.17) is 4.74 Å². The molecule has 1 aromatic rings. The molecule has 2 nitrogen and oxygen atoms in total. The number of hydrogen-bond acceptors (Lipinski definition) is 2. The minimum atomic E-state index is -0.132. The van der Waals surface area contributed by atoms with Gasteiger partial charge in [0.05, 0.1) is 12.5 Å². The summed E-state index contributed by atoms with van der Waals surface area (Å²) in [5, 5.41) is 0. The van der Waals surface area contributed by atoms with Crippen molar-refractivity contribution in [2.45, 2.75) is 45.6 Å². The van der Waals surface area contributed by atoms with Gasteiger partial charge in [0.2, 0.25) is 0 Å². The molecule has 1 aliphatic rings. The van der Waals surface area contributed by atoms with E-state index in [0.717, 1.165) is 12.0 Å². The van der Waals surface area contributed by atoms with Gasteiger partial charge in [-0.05, 0) is 49.8 Å². The highest BCUT2D eigenvalue weighted by atomic mass is 16.5. The van der Waals surface area contributed by atoms with Crippen molar-refractivity contribution in [1.82, 2.24) is 0 Å². The molecule has 0 atom stereocenters. The Bertz CT molecular complexity index is 394. The summed E-state index contributed by atoms with van der Waals surface area (Å²) in [5.41, 5.74) is 3.93. The third-order valence-electron chi connectivity index (χ3n) is 2.88. The normalized spacial score (nSPS) is 13.9. The molecule has 0 unspecified atom stereocenters. The molecule has 1 aromatic carbocycles. The zero-order valence-corrected chi connectivity index (χ0v) is 9.95. The van der Waals surface area contributed by atoms with Crippen LogP contribution < -0.4 is 0 Å². The first-order chi connectivity index (χ1) is 7.65. The topological polar surface area (TPSA) is 26.3 Å². The third kappa shape index (κ3) is 2.63. The summed E-state index contributed by atoms with van der Waals surface area (Å²) in [6, 6.07) is 6.36. The lowest BCUT2D eigenvalue weighted by molar-refractivity contribution is -0.146. The lowest BCUT2D eigenvalue weighted by atomic mass is 10.0. The molecule has 0 saturated heterocycles. The van der Waals surface area contributed by atoms with E-state index in [1.807, 2.05) is 19.9 Å². The van der Waals surface area contributed by atoms with Crippen LogP contribution in [0.25, 0.3) is 0 Å². The van der Waals surface area contributed by atoms with Crippen LogP contribution in [0.4, 0.5) is 0 Å². The van der Waals surface area contributed by atoms with E-state index in [9.17, 15) is 4.79 Å². The Labute approximate surface area is 96.6 Å². The average Bonchev–Trinajstić information content (AvgIpc) is 2.63. The van der Waals surface area contributed by atoms with Gasteiger partial charge < -0.3 is 4.74 Å². The number of esters is 1. The van der Waals surface area contributed by atoms with E-state index in [-0.39, 0.29) is 12.1 Å². The summed E-state index contributed by atoms with van der Waals surface area (Å²) in [4.78, 5) is 11.5. The smallest absolute Gasteiger partial charge is 0.310 e. The molecule has 86 valence electrons. The number of hydrogen-bond donors (Lipinski definition) is 0. The van der Waals surface area contributed by atoms with Crippen LogP contribution in [0.3, 0.4) is 0 Å². The van der Waals surface area contributed by atoms with Gasteiger partial charge >= 0.3 is 5.97 Å². The summed E-state index contributed by atoms with van der Waals surface area (Å²) >= 11 is 0. The highest BCUT2D eigenvalue weighted by Gasteiger charge is 2.13. The van der Waals surface area contributed by atoms with Crippen LogP contribution >= 0.6 is 0 Å². The van der Waals surface area contributed by atoms with E-state index in [1.165, 1.54) is 24.0 Å². The fraction of sp³-hybridized carbons (Fsp3) is 0.500. The molecular weight excluding hydrogens is 200 g/mol. The van der Waals surface area contributed by atoms with E-state index in [1.54, 1.807) is 0 Å². The van der Waals surface area contributed by atoms with E-state index in [2.05, 4.69) is 12.1 Å². The zero-order valence-electron chi connectivity index (χ0n) is 9.95. The second-order valence-electron chi connectivity index (χ2n) is 4.67. The van der Waals surface area contributed by atoms with Crippen LogP contribution in [0.1, 0.15) is 37.0 Å². The van der Waals surface area contributed by atoms with E-state index < -0.39 is 0 Å². The summed E-state index contributed by atoms with van der Waals surface area (Å²) in [6.45, 7) is 3.75. The van der Waals surface area contributed by atoms with Crippen molar-refractivity contribution >= 4 is 5.97 Å². The Morgan fingerprint density at radius 2 is 2.06 bits per heavy atom. The number of carbonyl (C=O) groups excluding carboxylic acids is 1. The van der Waals surface area contributed by atoms with Crippen molar-refractivity contribution in [2.24, 2.45) is 0 Å². The number of fused-ring (bicyclic) bond motifs is 1. The molecule has 0 amide bonds. The van der Waals surface area contributed by atoms with Gasteiger partial charge in [-0.15, -0.1) is 0 Å². The van der Waals surface area contributed by atoms with Crippen molar-refractivity contribution in [3.8, 4) is 0 Å². The Morgan fingerprint density at radius 1 is 1.31 bits per heavy atom. The highest BCUT2D eigenvalue weighted by Crippen LogP contribution is 2.23. The molecule has 0 saturated carbocycles. The molecule has 0 N–H and O–H groups in total. The molecule has 2 heteroatoms. The first kappa shape index (κ1) is 11.2. The second-order valence-corrected chi connectivity index (χ2v) is 4.67. The Kier molecular flexibility index (Phi) is 3.28. The highest BCUT2D eigenvalue weighted by molar-refractivity contribution is 5.72. The maximum atomic E-state index is 11.5. The maximum absolute atomic E-state index is 11.5. The van der Waals surface area contributed by atoms with Gasteiger partial charge in [0, 0.05) is 0 Å². The van der Waals surface area contributed by atoms with Crippen molar-refractivity contribution in [3.63, 3.8) is 0 Å². The molecule has 0 bridgehead atoms. The molecule has 0 aromatic heterocycles. The monoisotopic (exact) mass is 218 g/mol. The Morgan fingerprint density at radius 3 is 2.81 bits per heavy atom. The molecule has 16 heavy (non-hydrogen) atoms.